The van der Waals surface area contributed by atoms with Crippen LogP contribution in [0.1, 0.15) is 25.7 Å². The van der Waals surface area contributed by atoms with Crippen LogP contribution in [0.25, 0.3) is 0 Å². The Hall–Kier alpha value is -1.00. The van der Waals surface area contributed by atoms with Crippen LogP contribution in [0, 0.1) is 0 Å². The molecular weight excluding hydrogens is 284 g/mol. The lowest BCUT2D eigenvalue weighted by Gasteiger charge is -2.11. The minimum atomic E-state index is 0.834. The molecule has 2 rings (SSSR count). The first-order valence-electron chi connectivity index (χ1n) is 7.00. The second-order valence-electron chi connectivity index (χ2n) is 4.85. The number of thioether (sulfide) groups is 2. The number of nitrogens with two attached hydrogens (primary N) is 2. The van der Waals surface area contributed by atoms with E-state index in [0.717, 1.165) is 24.2 Å². The van der Waals surface area contributed by atoms with E-state index in [1.807, 2.05) is 41.7 Å². The van der Waals surface area contributed by atoms with E-state index < -0.39 is 0 Å². The van der Waals surface area contributed by atoms with Gasteiger partial charge in [0.1, 0.15) is 0 Å². The molecule has 0 spiro atoms. The molecule has 0 amide bonds. The predicted octanol–water partition coefficient (Wildman–Crippen LogP) is 4.39. The van der Waals surface area contributed by atoms with Gasteiger partial charge in [0.25, 0.3) is 0 Å². The van der Waals surface area contributed by atoms with E-state index in [-0.39, 0.29) is 0 Å². The van der Waals surface area contributed by atoms with E-state index in [1.54, 1.807) is 0 Å². The molecule has 0 fully saturated rings. The number of allylic oxidation sites excluding steroid dienone is 4. The average Bonchev–Trinajstić information content (AvgIpc) is 2.46. The lowest BCUT2D eigenvalue weighted by molar-refractivity contribution is 0.902. The van der Waals surface area contributed by atoms with Gasteiger partial charge in [-0.1, -0.05) is 6.08 Å². The van der Waals surface area contributed by atoms with Crippen molar-refractivity contribution < 1.29 is 0 Å². The van der Waals surface area contributed by atoms with E-state index >= 15 is 0 Å². The first-order valence-corrected chi connectivity index (χ1v) is 8.97. The zero-order valence-electron chi connectivity index (χ0n) is 11.7. The second kappa shape index (κ2) is 8.32. The summed E-state index contributed by atoms with van der Waals surface area (Å²) in [6, 6.07) is 8.12. The summed E-state index contributed by atoms with van der Waals surface area (Å²) < 4.78 is 0. The fourth-order valence-corrected chi connectivity index (χ4v) is 3.85. The molecule has 0 unspecified atom stereocenters. The standard InChI is InChI=1S/C16H22N2S2/c17-13-3-7-15(8-4-13)19-11-1-2-12-20-16-9-5-14(18)6-10-16/h3-5,7-9H,1-2,6,10-12,17-18H2. The Morgan fingerprint density at radius 3 is 2.20 bits per heavy atom. The summed E-state index contributed by atoms with van der Waals surface area (Å²) in [7, 11) is 0. The molecule has 0 saturated carbocycles. The van der Waals surface area contributed by atoms with Gasteiger partial charge in [0.05, 0.1) is 0 Å². The summed E-state index contributed by atoms with van der Waals surface area (Å²) in [5, 5.41) is 0. The molecule has 1 aromatic carbocycles. The van der Waals surface area contributed by atoms with Gasteiger partial charge in [0.2, 0.25) is 0 Å². The molecule has 0 heterocycles. The maximum atomic E-state index is 5.75. The van der Waals surface area contributed by atoms with Crippen molar-refractivity contribution in [1.82, 2.24) is 0 Å². The third kappa shape index (κ3) is 5.55. The lowest BCUT2D eigenvalue weighted by Crippen LogP contribution is -2.00. The van der Waals surface area contributed by atoms with Crippen LogP contribution in [0.15, 0.2) is 51.9 Å². The molecule has 0 radical (unpaired) electrons. The van der Waals surface area contributed by atoms with Gasteiger partial charge in [0, 0.05) is 16.3 Å². The van der Waals surface area contributed by atoms with E-state index in [4.69, 9.17) is 11.5 Å². The Bertz CT molecular complexity index is 478. The molecule has 0 bridgehead atoms. The van der Waals surface area contributed by atoms with Crippen molar-refractivity contribution in [3.05, 3.63) is 47.0 Å². The van der Waals surface area contributed by atoms with Crippen LogP contribution < -0.4 is 11.5 Å². The number of rotatable bonds is 7. The van der Waals surface area contributed by atoms with Crippen molar-refractivity contribution in [3.63, 3.8) is 0 Å². The van der Waals surface area contributed by atoms with Gasteiger partial charge < -0.3 is 11.5 Å². The molecule has 0 saturated heterocycles. The topological polar surface area (TPSA) is 52.0 Å². The maximum Gasteiger partial charge on any atom is 0.0314 e. The van der Waals surface area contributed by atoms with Gasteiger partial charge in [-0.2, -0.15) is 0 Å². The molecule has 20 heavy (non-hydrogen) atoms. The number of hydrogen-bond acceptors (Lipinski definition) is 4. The minimum absolute atomic E-state index is 0.834. The van der Waals surface area contributed by atoms with E-state index in [1.165, 1.54) is 34.1 Å². The van der Waals surface area contributed by atoms with E-state index in [0.29, 0.717) is 0 Å². The van der Waals surface area contributed by atoms with Crippen LogP contribution in [0.4, 0.5) is 5.69 Å². The van der Waals surface area contributed by atoms with Crippen LogP contribution in [0.5, 0.6) is 0 Å². The predicted molar refractivity (Wildman–Crippen MR) is 92.9 cm³/mol. The largest absolute Gasteiger partial charge is 0.402 e. The van der Waals surface area contributed by atoms with Gasteiger partial charge in [0.15, 0.2) is 0 Å². The number of benzene rings is 1. The Kier molecular flexibility index (Phi) is 6.40. The molecule has 1 aromatic rings. The van der Waals surface area contributed by atoms with Crippen molar-refractivity contribution in [2.45, 2.75) is 30.6 Å². The average molecular weight is 307 g/mol. The quantitative estimate of drug-likeness (QED) is 0.445. The highest BCUT2D eigenvalue weighted by molar-refractivity contribution is 8.03. The van der Waals surface area contributed by atoms with Crippen LogP contribution >= 0.6 is 23.5 Å². The zero-order valence-corrected chi connectivity index (χ0v) is 13.3. The summed E-state index contributed by atoms with van der Waals surface area (Å²) in [6.07, 6.45) is 8.88. The third-order valence-electron chi connectivity index (χ3n) is 3.12. The van der Waals surface area contributed by atoms with Crippen molar-refractivity contribution in [2.75, 3.05) is 17.2 Å². The van der Waals surface area contributed by atoms with Gasteiger partial charge in [-0.3, -0.25) is 0 Å². The minimum Gasteiger partial charge on any atom is -0.402 e. The molecule has 4 heteroatoms. The van der Waals surface area contributed by atoms with Crippen molar-refractivity contribution in [2.24, 2.45) is 5.73 Å². The fourth-order valence-electron chi connectivity index (χ4n) is 1.92. The number of unbranched alkanes of at least 4 members (excludes halogenated alkanes) is 1. The summed E-state index contributed by atoms with van der Waals surface area (Å²) >= 11 is 3.89. The fraction of sp³-hybridized carbons (Fsp3) is 0.375. The van der Waals surface area contributed by atoms with Gasteiger partial charge in [-0.15, -0.1) is 23.5 Å². The summed E-state index contributed by atoms with van der Waals surface area (Å²) in [5.41, 5.74) is 13.3. The highest BCUT2D eigenvalue weighted by atomic mass is 32.2. The maximum absolute atomic E-state index is 5.75. The van der Waals surface area contributed by atoms with Crippen LogP contribution in [-0.2, 0) is 0 Å². The smallest absolute Gasteiger partial charge is 0.0314 e. The highest BCUT2D eigenvalue weighted by Gasteiger charge is 2.04. The van der Waals surface area contributed by atoms with Crippen LogP contribution in [0.2, 0.25) is 0 Å². The molecule has 1 aliphatic rings. The normalized spacial score (nSPS) is 14.8. The summed E-state index contributed by atoms with van der Waals surface area (Å²) in [4.78, 5) is 2.79. The summed E-state index contributed by atoms with van der Waals surface area (Å²) in [5.74, 6) is 2.39. The highest BCUT2D eigenvalue weighted by Crippen LogP contribution is 2.27. The van der Waals surface area contributed by atoms with Gasteiger partial charge >= 0.3 is 0 Å². The van der Waals surface area contributed by atoms with Crippen molar-refractivity contribution >= 4 is 29.2 Å². The molecule has 2 nitrogen and oxygen atoms in total. The molecule has 0 atom stereocenters. The summed E-state index contributed by atoms with van der Waals surface area (Å²) in [6.45, 7) is 0. The SMILES string of the molecule is NC1=CC=C(SCCCCSc2ccc(N)cc2)CC1. The Labute approximate surface area is 130 Å². The molecule has 1 aliphatic carbocycles. The molecule has 0 aromatic heterocycles. The van der Waals surface area contributed by atoms with Crippen LogP contribution in [-0.4, -0.2) is 11.5 Å². The first-order chi connectivity index (χ1) is 9.74. The Morgan fingerprint density at radius 2 is 1.55 bits per heavy atom. The Balaban J connectivity index is 1.55. The molecule has 4 N–H and O–H groups in total. The first kappa shape index (κ1) is 15.4. The zero-order chi connectivity index (χ0) is 14.2. The van der Waals surface area contributed by atoms with Gasteiger partial charge in [-0.25, -0.2) is 0 Å². The number of nitrogen functional groups attached to an aromatic ring is 1. The van der Waals surface area contributed by atoms with E-state index in [2.05, 4.69) is 18.2 Å². The molecular formula is C16H22N2S2. The Morgan fingerprint density at radius 1 is 0.850 bits per heavy atom. The second-order valence-corrected chi connectivity index (χ2v) is 7.24. The number of hydrogen-bond donors (Lipinski definition) is 2. The molecule has 0 aliphatic heterocycles. The number of anilines is 1. The third-order valence-corrected chi connectivity index (χ3v) is 5.42. The van der Waals surface area contributed by atoms with Crippen molar-refractivity contribution in [3.8, 4) is 0 Å². The van der Waals surface area contributed by atoms with Crippen molar-refractivity contribution in [1.29, 1.82) is 0 Å². The van der Waals surface area contributed by atoms with Gasteiger partial charge in [-0.05, 0) is 72.4 Å². The van der Waals surface area contributed by atoms with E-state index in [9.17, 15) is 0 Å². The lowest BCUT2D eigenvalue weighted by atomic mass is 10.1. The van der Waals surface area contributed by atoms with Crippen LogP contribution in [0.3, 0.4) is 0 Å². The molecule has 108 valence electrons. The monoisotopic (exact) mass is 306 g/mol.